The van der Waals surface area contributed by atoms with E-state index in [9.17, 15) is 13.2 Å². The number of rotatable bonds is 4. The van der Waals surface area contributed by atoms with Gasteiger partial charge in [-0.1, -0.05) is 18.2 Å². The number of aromatic amines is 1. The number of para-hydroxylation sites is 1. The van der Waals surface area contributed by atoms with Crippen molar-refractivity contribution in [2.75, 3.05) is 18.6 Å². The van der Waals surface area contributed by atoms with E-state index in [4.69, 9.17) is 5.73 Å². The molecule has 2 aromatic rings. The SMILES string of the molecule is CN(C(=O)[C@@H](N)Cc1c[nH]c2ccccc12)C1CCS(=O)(=O)C1. The summed E-state index contributed by atoms with van der Waals surface area (Å²) in [6, 6.07) is 6.92. The van der Waals surface area contributed by atoms with Gasteiger partial charge >= 0.3 is 0 Å². The minimum absolute atomic E-state index is 0.0368. The first-order valence-corrected chi connectivity index (χ1v) is 9.47. The van der Waals surface area contributed by atoms with Crippen molar-refractivity contribution < 1.29 is 13.2 Å². The normalized spacial score (nSPS) is 21.4. The van der Waals surface area contributed by atoms with Gasteiger partial charge in [-0.25, -0.2) is 8.42 Å². The highest BCUT2D eigenvalue weighted by atomic mass is 32.2. The first kappa shape index (κ1) is 16.0. The summed E-state index contributed by atoms with van der Waals surface area (Å²) in [4.78, 5) is 17.2. The van der Waals surface area contributed by atoms with Crippen LogP contribution in [-0.4, -0.2) is 54.8 Å². The molecule has 2 atom stereocenters. The van der Waals surface area contributed by atoms with E-state index in [2.05, 4.69) is 4.98 Å². The van der Waals surface area contributed by atoms with Crippen molar-refractivity contribution >= 4 is 26.6 Å². The second-order valence-electron chi connectivity index (χ2n) is 6.18. The van der Waals surface area contributed by atoms with E-state index in [1.54, 1.807) is 7.05 Å². The summed E-state index contributed by atoms with van der Waals surface area (Å²) in [5.41, 5.74) is 8.09. The maximum atomic E-state index is 12.5. The molecule has 1 aromatic heterocycles. The van der Waals surface area contributed by atoms with Crippen LogP contribution in [0.5, 0.6) is 0 Å². The highest BCUT2D eigenvalue weighted by molar-refractivity contribution is 7.91. The van der Waals surface area contributed by atoms with Crippen molar-refractivity contribution in [2.45, 2.75) is 24.9 Å². The Bertz CT molecular complexity index is 828. The monoisotopic (exact) mass is 335 g/mol. The number of nitrogens with one attached hydrogen (secondary N) is 1. The number of hydrogen-bond donors (Lipinski definition) is 2. The number of nitrogens with zero attached hydrogens (tertiary/aromatic N) is 1. The number of aromatic nitrogens is 1. The molecular weight excluding hydrogens is 314 g/mol. The van der Waals surface area contributed by atoms with Gasteiger partial charge < -0.3 is 15.6 Å². The average molecular weight is 335 g/mol. The molecule has 0 saturated carbocycles. The van der Waals surface area contributed by atoms with Crippen molar-refractivity contribution in [1.82, 2.24) is 9.88 Å². The lowest BCUT2D eigenvalue weighted by Gasteiger charge is -2.26. The lowest BCUT2D eigenvalue weighted by molar-refractivity contribution is -0.132. The van der Waals surface area contributed by atoms with Gasteiger partial charge in [0.25, 0.3) is 0 Å². The zero-order valence-corrected chi connectivity index (χ0v) is 13.8. The Balaban J connectivity index is 1.70. The van der Waals surface area contributed by atoms with Crippen molar-refractivity contribution in [3.8, 4) is 0 Å². The van der Waals surface area contributed by atoms with E-state index in [-0.39, 0.29) is 23.5 Å². The van der Waals surface area contributed by atoms with Crippen LogP contribution in [0.3, 0.4) is 0 Å². The number of benzene rings is 1. The second kappa shape index (κ2) is 5.98. The number of likely N-dealkylation sites (N-methyl/N-ethyl adjacent to an activating group) is 1. The number of carbonyl (C=O) groups excluding carboxylic acids is 1. The van der Waals surface area contributed by atoms with Gasteiger partial charge in [0.05, 0.1) is 17.5 Å². The fraction of sp³-hybridized carbons (Fsp3) is 0.438. The molecule has 1 aliphatic heterocycles. The molecule has 0 radical (unpaired) electrons. The zero-order chi connectivity index (χ0) is 16.6. The Hall–Kier alpha value is -1.86. The molecule has 0 spiro atoms. The summed E-state index contributed by atoms with van der Waals surface area (Å²) >= 11 is 0. The fourth-order valence-electron chi connectivity index (χ4n) is 3.15. The number of sulfone groups is 1. The molecule has 0 bridgehead atoms. The molecule has 1 saturated heterocycles. The molecule has 3 rings (SSSR count). The van der Waals surface area contributed by atoms with Crippen molar-refractivity contribution in [1.29, 1.82) is 0 Å². The molecule has 1 aliphatic rings. The highest BCUT2D eigenvalue weighted by Gasteiger charge is 2.34. The zero-order valence-electron chi connectivity index (χ0n) is 13.0. The van der Waals surface area contributed by atoms with E-state index in [1.807, 2.05) is 30.5 Å². The smallest absolute Gasteiger partial charge is 0.239 e. The molecule has 1 unspecified atom stereocenters. The average Bonchev–Trinajstić information content (AvgIpc) is 3.09. The first-order valence-electron chi connectivity index (χ1n) is 7.65. The predicted molar refractivity (Wildman–Crippen MR) is 89.8 cm³/mol. The number of hydrogen-bond acceptors (Lipinski definition) is 4. The van der Waals surface area contributed by atoms with Gasteiger partial charge in [0.1, 0.15) is 0 Å². The van der Waals surface area contributed by atoms with Crippen molar-refractivity contribution in [3.63, 3.8) is 0 Å². The van der Waals surface area contributed by atoms with Crippen LogP contribution in [-0.2, 0) is 21.1 Å². The minimum atomic E-state index is -3.02. The van der Waals surface area contributed by atoms with Gasteiger partial charge in [-0.2, -0.15) is 0 Å². The van der Waals surface area contributed by atoms with Gasteiger partial charge in [-0.3, -0.25) is 4.79 Å². The second-order valence-corrected chi connectivity index (χ2v) is 8.40. The Morgan fingerprint density at radius 3 is 2.87 bits per heavy atom. The van der Waals surface area contributed by atoms with Crippen LogP contribution >= 0.6 is 0 Å². The quantitative estimate of drug-likeness (QED) is 0.859. The van der Waals surface area contributed by atoms with Crippen LogP contribution in [0.25, 0.3) is 10.9 Å². The third-order valence-electron chi connectivity index (χ3n) is 4.54. The Morgan fingerprint density at radius 2 is 2.17 bits per heavy atom. The maximum Gasteiger partial charge on any atom is 0.239 e. The standard InChI is InChI=1S/C16H21N3O3S/c1-19(12-6-7-23(21,22)10-12)16(20)14(17)8-11-9-18-15-5-3-2-4-13(11)15/h2-5,9,12,14,18H,6-8,10,17H2,1H3/t12?,14-/m0/s1. The van der Waals surface area contributed by atoms with Gasteiger partial charge in [0.15, 0.2) is 9.84 Å². The molecular formula is C16H21N3O3S. The Kier molecular flexibility index (Phi) is 4.16. The molecule has 1 fully saturated rings. The molecule has 23 heavy (non-hydrogen) atoms. The van der Waals surface area contributed by atoms with Crippen LogP contribution in [0.1, 0.15) is 12.0 Å². The molecule has 124 valence electrons. The maximum absolute atomic E-state index is 12.5. The van der Waals surface area contributed by atoms with Crippen molar-refractivity contribution in [2.24, 2.45) is 5.73 Å². The molecule has 1 amide bonds. The Labute approximate surface area is 135 Å². The molecule has 6 nitrogen and oxygen atoms in total. The van der Waals surface area contributed by atoms with Crippen LogP contribution in [0.4, 0.5) is 0 Å². The summed E-state index contributed by atoms with van der Waals surface area (Å²) in [5.74, 6) is -0.0282. The molecule has 2 heterocycles. The molecule has 7 heteroatoms. The van der Waals surface area contributed by atoms with Gasteiger partial charge in [0, 0.05) is 30.2 Å². The predicted octanol–water partition coefficient (Wildman–Crippen LogP) is 0.683. The van der Waals surface area contributed by atoms with E-state index < -0.39 is 15.9 Å². The van der Waals surface area contributed by atoms with E-state index >= 15 is 0 Å². The summed E-state index contributed by atoms with van der Waals surface area (Å²) in [6.07, 6.45) is 2.79. The topological polar surface area (TPSA) is 96.3 Å². The van der Waals surface area contributed by atoms with E-state index in [0.717, 1.165) is 16.5 Å². The number of carbonyl (C=O) groups is 1. The lowest BCUT2D eigenvalue weighted by atomic mass is 10.0. The van der Waals surface area contributed by atoms with Gasteiger partial charge in [-0.05, 0) is 24.5 Å². The summed E-state index contributed by atoms with van der Waals surface area (Å²) < 4.78 is 23.1. The highest BCUT2D eigenvalue weighted by Crippen LogP contribution is 2.21. The third kappa shape index (κ3) is 3.25. The number of H-pyrrole nitrogens is 1. The molecule has 3 N–H and O–H groups in total. The lowest BCUT2D eigenvalue weighted by Crippen LogP contribution is -2.47. The molecule has 0 aliphatic carbocycles. The summed E-state index contributed by atoms with van der Waals surface area (Å²) in [7, 11) is -1.38. The number of fused-ring (bicyclic) bond motifs is 1. The minimum Gasteiger partial charge on any atom is -0.361 e. The van der Waals surface area contributed by atoms with Crippen LogP contribution in [0.2, 0.25) is 0 Å². The van der Waals surface area contributed by atoms with Gasteiger partial charge in [0.2, 0.25) is 5.91 Å². The van der Waals surface area contributed by atoms with E-state index in [1.165, 1.54) is 4.90 Å². The largest absolute Gasteiger partial charge is 0.361 e. The van der Waals surface area contributed by atoms with E-state index in [0.29, 0.717) is 12.8 Å². The first-order chi connectivity index (χ1) is 10.9. The molecule has 1 aromatic carbocycles. The van der Waals surface area contributed by atoms with Crippen LogP contribution in [0, 0.1) is 0 Å². The van der Waals surface area contributed by atoms with Crippen LogP contribution in [0.15, 0.2) is 30.5 Å². The number of nitrogens with two attached hydrogens (primary N) is 1. The number of amides is 1. The summed E-state index contributed by atoms with van der Waals surface area (Å²) in [6.45, 7) is 0. The summed E-state index contributed by atoms with van der Waals surface area (Å²) in [5, 5.41) is 1.06. The van der Waals surface area contributed by atoms with Crippen LogP contribution < -0.4 is 5.73 Å². The third-order valence-corrected chi connectivity index (χ3v) is 6.29. The van der Waals surface area contributed by atoms with Gasteiger partial charge in [-0.15, -0.1) is 0 Å². The fourth-order valence-corrected chi connectivity index (χ4v) is 4.92. The Morgan fingerprint density at radius 1 is 1.43 bits per heavy atom. The van der Waals surface area contributed by atoms with Crippen molar-refractivity contribution in [3.05, 3.63) is 36.0 Å².